The minimum absolute atomic E-state index is 0.0694. The minimum atomic E-state index is 0.0694. The van der Waals surface area contributed by atoms with E-state index >= 15 is 0 Å². The summed E-state index contributed by atoms with van der Waals surface area (Å²) in [6.07, 6.45) is 3.68. The first kappa shape index (κ1) is 10.7. The fourth-order valence-electron chi connectivity index (χ4n) is 2.02. The molecular formula is C15H12N2O. The number of benzene rings is 1. The fourth-order valence-corrected chi connectivity index (χ4v) is 2.02. The van der Waals surface area contributed by atoms with Gasteiger partial charge in [0.05, 0.1) is 11.7 Å². The molecular weight excluding hydrogens is 224 g/mol. The monoisotopic (exact) mass is 236 g/mol. The van der Waals surface area contributed by atoms with Gasteiger partial charge in [-0.05, 0) is 19.1 Å². The maximum atomic E-state index is 11.3. The number of pyridine rings is 1. The molecule has 0 unspecified atom stereocenters. The van der Waals surface area contributed by atoms with Gasteiger partial charge in [0.25, 0.3) is 0 Å². The molecule has 3 heteroatoms. The van der Waals surface area contributed by atoms with Crippen molar-refractivity contribution in [2.45, 2.75) is 6.92 Å². The van der Waals surface area contributed by atoms with Crippen molar-refractivity contribution in [1.82, 2.24) is 9.38 Å². The summed E-state index contributed by atoms with van der Waals surface area (Å²) in [6.45, 7) is 1.57. The smallest absolute Gasteiger partial charge is 0.159 e. The summed E-state index contributed by atoms with van der Waals surface area (Å²) in [7, 11) is 0. The number of imidazole rings is 1. The number of ketones is 1. The third-order valence-corrected chi connectivity index (χ3v) is 2.97. The molecule has 0 aliphatic carbocycles. The van der Waals surface area contributed by atoms with Crippen LogP contribution in [0.5, 0.6) is 0 Å². The van der Waals surface area contributed by atoms with Gasteiger partial charge < -0.3 is 0 Å². The lowest BCUT2D eigenvalue weighted by Gasteiger charge is -2.02. The van der Waals surface area contributed by atoms with Gasteiger partial charge in [-0.15, -0.1) is 0 Å². The van der Waals surface area contributed by atoms with Crippen molar-refractivity contribution < 1.29 is 4.79 Å². The lowest BCUT2D eigenvalue weighted by Crippen LogP contribution is -1.95. The molecule has 0 atom stereocenters. The first-order valence-corrected chi connectivity index (χ1v) is 5.79. The van der Waals surface area contributed by atoms with Crippen LogP contribution in [0.4, 0.5) is 0 Å². The van der Waals surface area contributed by atoms with E-state index in [2.05, 4.69) is 4.98 Å². The Balaban J connectivity index is 2.19. The van der Waals surface area contributed by atoms with Gasteiger partial charge in [0.2, 0.25) is 0 Å². The Morgan fingerprint density at radius 1 is 1.17 bits per heavy atom. The van der Waals surface area contributed by atoms with Crippen LogP contribution in [0, 0.1) is 0 Å². The van der Waals surface area contributed by atoms with E-state index in [1.807, 2.05) is 53.1 Å². The third kappa shape index (κ3) is 1.70. The van der Waals surface area contributed by atoms with Crippen molar-refractivity contribution in [2.75, 3.05) is 0 Å². The molecule has 3 nitrogen and oxygen atoms in total. The Morgan fingerprint density at radius 2 is 1.94 bits per heavy atom. The van der Waals surface area contributed by atoms with Crippen molar-refractivity contribution in [1.29, 1.82) is 0 Å². The van der Waals surface area contributed by atoms with Crippen molar-refractivity contribution >= 4 is 11.3 Å². The van der Waals surface area contributed by atoms with E-state index in [1.165, 1.54) is 0 Å². The zero-order valence-corrected chi connectivity index (χ0v) is 10.00. The van der Waals surface area contributed by atoms with Crippen LogP contribution in [0.2, 0.25) is 0 Å². The van der Waals surface area contributed by atoms with Gasteiger partial charge in [-0.3, -0.25) is 9.20 Å². The molecule has 18 heavy (non-hydrogen) atoms. The number of fused-ring (bicyclic) bond motifs is 1. The van der Waals surface area contributed by atoms with Crippen LogP contribution in [-0.2, 0) is 0 Å². The number of aromatic nitrogens is 2. The van der Waals surface area contributed by atoms with E-state index in [0.717, 1.165) is 16.9 Å². The van der Waals surface area contributed by atoms with Crippen LogP contribution in [0.3, 0.4) is 0 Å². The highest BCUT2D eigenvalue weighted by Gasteiger charge is 2.07. The molecule has 0 radical (unpaired) electrons. The molecule has 0 fully saturated rings. The number of carbonyl (C=O) groups excluding carboxylic acids is 1. The number of rotatable bonds is 2. The van der Waals surface area contributed by atoms with Gasteiger partial charge in [0.1, 0.15) is 5.82 Å². The molecule has 2 heterocycles. The predicted octanol–water partition coefficient (Wildman–Crippen LogP) is 3.20. The van der Waals surface area contributed by atoms with Crippen molar-refractivity contribution in [2.24, 2.45) is 0 Å². The van der Waals surface area contributed by atoms with Crippen molar-refractivity contribution in [3.63, 3.8) is 0 Å². The Bertz CT molecular complexity index is 714. The van der Waals surface area contributed by atoms with Crippen LogP contribution < -0.4 is 0 Å². The van der Waals surface area contributed by atoms with Gasteiger partial charge in [0, 0.05) is 17.3 Å². The van der Waals surface area contributed by atoms with Gasteiger partial charge in [-0.1, -0.05) is 30.3 Å². The summed E-state index contributed by atoms with van der Waals surface area (Å²) in [6, 6.07) is 13.7. The zero-order valence-electron chi connectivity index (χ0n) is 10.00. The molecule has 0 amide bonds. The molecule has 3 aromatic rings. The molecule has 0 bridgehead atoms. The average Bonchev–Trinajstić information content (AvgIpc) is 2.82. The SMILES string of the molecule is CC(=O)c1ccn2c(-c3ccccc3)ncc2c1. The summed E-state index contributed by atoms with van der Waals surface area (Å²) in [4.78, 5) is 15.8. The molecule has 0 N–H and O–H groups in total. The molecule has 0 saturated carbocycles. The highest BCUT2D eigenvalue weighted by atomic mass is 16.1. The maximum absolute atomic E-state index is 11.3. The van der Waals surface area contributed by atoms with Gasteiger partial charge in [-0.2, -0.15) is 0 Å². The van der Waals surface area contributed by atoms with Gasteiger partial charge >= 0.3 is 0 Å². The topological polar surface area (TPSA) is 34.4 Å². The molecule has 88 valence electrons. The van der Waals surface area contributed by atoms with Crippen LogP contribution >= 0.6 is 0 Å². The van der Waals surface area contributed by atoms with Crippen molar-refractivity contribution in [3.8, 4) is 11.4 Å². The Kier molecular flexibility index (Phi) is 2.45. The summed E-state index contributed by atoms with van der Waals surface area (Å²) >= 11 is 0. The molecule has 0 saturated heterocycles. The molecule has 2 aromatic heterocycles. The fraction of sp³-hybridized carbons (Fsp3) is 0.0667. The molecule has 3 rings (SSSR count). The average molecular weight is 236 g/mol. The second-order valence-electron chi connectivity index (χ2n) is 4.21. The second-order valence-corrected chi connectivity index (χ2v) is 4.21. The Labute approximate surface area is 105 Å². The highest BCUT2D eigenvalue weighted by Crippen LogP contribution is 2.20. The first-order valence-electron chi connectivity index (χ1n) is 5.79. The standard InChI is InChI=1S/C15H12N2O/c1-11(18)13-7-8-17-14(9-13)10-16-15(17)12-5-3-2-4-6-12/h2-10H,1H3. The lowest BCUT2D eigenvalue weighted by atomic mass is 10.2. The second kappa shape index (κ2) is 4.11. The number of carbonyl (C=O) groups is 1. The van der Waals surface area contributed by atoms with E-state index in [1.54, 1.807) is 13.1 Å². The summed E-state index contributed by atoms with van der Waals surface area (Å²) in [5, 5.41) is 0. The molecule has 0 spiro atoms. The normalized spacial score (nSPS) is 10.7. The van der Waals surface area contributed by atoms with Gasteiger partial charge in [-0.25, -0.2) is 4.98 Å². The Morgan fingerprint density at radius 3 is 2.67 bits per heavy atom. The predicted molar refractivity (Wildman–Crippen MR) is 70.6 cm³/mol. The van der Waals surface area contributed by atoms with E-state index in [4.69, 9.17) is 0 Å². The van der Waals surface area contributed by atoms with Crippen molar-refractivity contribution in [3.05, 3.63) is 60.4 Å². The largest absolute Gasteiger partial charge is 0.300 e. The van der Waals surface area contributed by atoms with Crippen LogP contribution in [0.15, 0.2) is 54.9 Å². The molecule has 0 aliphatic rings. The van der Waals surface area contributed by atoms with E-state index < -0.39 is 0 Å². The number of nitrogens with zero attached hydrogens (tertiary/aromatic N) is 2. The van der Waals surface area contributed by atoms with Gasteiger partial charge in [0.15, 0.2) is 5.78 Å². The lowest BCUT2D eigenvalue weighted by molar-refractivity contribution is 0.101. The summed E-state index contributed by atoms with van der Waals surface area (Å²) in [5.41, 5.74) is 2.71. The number of hydrogen-bond acceptors (Lipinski definition) is 2. The van der Waals surface area contributed by atoms with E-state index in [0.29, 0.717) is 5.56 Å². The first-order chi connectivity index (χ1) is 8.75. The summed E-state index contributed by atoms with van der Waals surface area (Å²) < 4.78 is 1.99. The number of hydrogen-bond donors (Lipinski definition) is 0. The van der Waals surface area contributed by atoms with Crippen LogP contribution in [-0.4, -0.2) is 15.2 Å². The number of Topliss-reactive ketones (excluding diaryl/α,β-unsaturated/α-hetero) is 1. The van der Waals surface area contributed by atoms with E-state index in [-0.39, 0.29) is 5.78 Å². The van der Waals surface area contributed by atoms with E-state index in [9.17, 15) is 4.79 Å². The molecule has 0 aliphatic heterocycles. The van der Waals surface area contributed by atoms with Crippen LogP contribution in [0.25, 0.3) is 16.9 Å². The third-order valence-electron chi connectivity index (χ3n) is 2.97. The maximum Gasteiger partial charge on any atom is 0.159 e. The zero-order chi connectivity index (χ0) is 12.5. The summed E-state index contributed by atoms with van der Waals surface area (Å²) in [5.74, 6) is 0.959. The Hall–Kier alpha value is -2.42. The highest BCUT2D eigenvalue weighted by molar-refractivity contribution is 5.95. The quantitative estimate of drug-likeness (QED) is 0.640. The minimum Gasteiger partial charge on any atom is -0.300 e. The molecule has 1 aromatic carbocycles. The van der Waals surface area contributed by atoms with Crippen LogP contribution in [0.1, 0.15) is 17.3 Å².